The largest absolute Gasteiger partial charge is 0.332 e. The Kier molecular flexibility index (Phi) is 4.23. The summed E-state index contributed by atoms with van der Waals surface area (Å²) in [4.78, 5) is 19.8. The molecule has 3 aromatic rings. The molecule has 26 heavy (non-hydrogen) atoms. The predicted molar refractivity (Wildman–Crippen MR) is 102 cm³/mol. The van der Waals surface area contributed by atoms with E-state index >= 15 is 0 Å². The second kappa shape index (κ2) is 6.56. The fraction of sp³-hybridized carbons (Fsp3) is 0.381. The maximum Gasteiger partial charge on any atom is 0.274 e. The van der Waals surface area contributed by atoms with Gasteiger partial charge in [-0.25, -0.2) is 9.50 Å². The van der Waals surface area contributed by atoms with E-state index in [2.05, 4.69) is 18.9 Å². The van der Waals surface area contributed by atoms with Gasteiger partial charge in [0.15, 0.2) is 11.3 Å². The van der Waals surface area contributed by atoms with Crippen LogP contribution in [-0.4, -0.2) is 37.5 Å². The van der Waals surface area contributed by atoms with E-state index in [1.165, 1.54) is 6.42 Å². The molecule has 0 saturated carbocycles. The average Bonchev–Trinajstić information content (AvgIpc) is 3.07. The van der Waals surface area contributed by atoms with Crippen molar-refractivity contribution >= 4 is 11.6 Å². The van der Waals surface area contributed by atoms with Crippen molar-refractivity contribution in [2.45, 2.75) is 52.1 Å². The molecule has 1 amide bonds. The third-order valence-corrected chi connectivity index (χ3v) is 5.32. The van der Waals surface area contributed by atoms with Crippen molar-refractivity contribution in [2.24, 2.45) is 0 Å². The standard InChI is InChI=1S/C21H24N4O/c1-14-8-7-9-15(2)24(14)21(26)19-13-20-22-18(12-16(3)25(20)23-19)17-10-5-4-6-11-17/h4-6,10-15H,7-9H2,1-3H3/t14-,15-/m0/s1. The van der Waals surface area contributed by atoms with Gasteiger partial charge >= 0.3 is 0 Å². The Morgan fingerprint density at radius 3 is 2.46 bits per heavy atom. The number of hydrogen-bond donors (Lipinski definition) is 0. The zero-order chi connectivity index (χ0) is 18.3. The van der Waals surface area contributed by atoms with Crippen LogP contribution in [-0.2, 0) is 0 Å². The molecule has 1 aliphatic heterocycles. The van der Waals surface area contributed by atoms with Crippen molar-refractivity contribution in [1.82, 2.24) is 19.5 Å². The number of aromatic nitrogens is 3. The van der Waals surface area contributed by atoms with E-state index < -0.39 is 0 Å². The zero-order valence-corrected chi connectivity index (χ0v) is 15.5. The SMILES string of the molecule is Cc1cc(-c2ccccc2)nc2cc(C(=O)N3[C@@H](C)CCC[C@@H]3C)nn12. The van der Waals surface area contributed by atoms with Crippen LogP contribution >= 0.6 is 0 Å². The smallest absolute Gasteiger partial charge is 0.274 e. The highest BCUT2D eigenvalue weighted by Gasteiger charge is 2.31. The highest BCUT2D eigenvalue weighted by molar-refractivity contribution is 5.94. The fourth-order valence-electron chi connectivity index (χ4n) is 3.94. The molecule has 0 N–H and O–H groups in total. The molecular formula is C21H24N4O. The van der Waals surface area contributed by atoms with E-state index in [1.807, 2.05) is 54.3 Å². The third kappa shape index (κ3) is 2.87. The Morgan fingerprint density at radius 2 is 1.77 bits per heavy atom. The maximum atomic E-state index is 13.1. The van der Waals surface area contributed by atoms with Gasteiger partial charge in [-0.3, -0.25) is 4.79 Å². The quantitative estimate of drug-likeness (QED) is 0.700. The van der Waals surface area contributed by atoms with Gasteiger partial charge in [-0.1, -0.05) is 30.3 Å². The van der Waals surface area contributed by atoms with Crippen LogP contribution in [0, 0.1) is 6.92 Å². The molecule has 1 fully saturated rings. The van der Waals surface area contributed by atoms with Crippen molar-refractivity contribution in [3.63, 3.8) is 0 Å². The first-order valence-electron chi connectivity index (χ1n) is 9.30. The highest BCUT2D eigenvalue weighted by Crippen LogP contribution is 2.25. The summed E-state index contributed by atoms with van der Waals surface area (Å²) >= 11 is 0. The topological polar surface area (TPSA) is 50.5 Å². The number of hydrogen-bond acceptors (Lipinski definition) is 3. The van der Waals surface area contributed by atoms with Gasteiger partial charge in [-0.05, 0) is 46.1 Å². The molecule has 2 aromatic heterocycles. The van der Waals surface area contributed by atoms with E-state index in [1.54, 1.807) is 4.52 Å². The molecule has 0 aliphatic carbocycles. The van der Waals surface area contributed by atoms with Crippen LogP contribution in [0.3, 0.4) is 0 Å². The van der Waals surface area contributed by atoms with Gasteiger partial charge < -0.3 is 4.90 Å². The predicted octanol–water partition coefficient (Wildman–Crippen LogP) is 4.11. The summed E-state index contributed by atoms with van der Waals surface area (Å²) in [5.74, 6) is 0.0101. The molecule has 0 unspecified atom stereocenters. The van der Waals surface area contributed by atoms with Crippen molar-refractivity contribution in [1.29, 1.82) is 0 Å². The van der Waals surface area contributed by atoms with E-state index in [4.69, 9.17) is 4.98 Å². The number of aryl methyl sites for hydroxylation is 1. The van der Waals surface area contributed by atoms with Crippen LogP contribution in [0.1, 0.15) is 49.3 Å². The first kappa shape index (κ1) is 16.8. The second-order valence-corrected chi connectivity index (χ2v) is 7.29. The summed E-state index contributed by atoms with van der Waals surface area (Å²) < 4.78 is 1.76. The molecule has 1 aliphatic rings. The minimum atomic E-state index is 0.0101. The molecule has 0 bridgehead atoms. The number of benzene rings is 1. The van der Waals surface area contributed by atoms with Gasteiger partial charge in [-0.15, -0.1) is 0 Å². The van der Waals surface area contributed by atoms with Gasteiger partial charge in [0.25, 0.3) is 5.91 Å². The Labute approximate surface area is 153 Å². The maximum absolute atomic E-state index is 13.1. The molecule has 5 nitrogen and oxygen atoms in total. The summed E-state index contributed by atoms with van der Waals surface area (Å²) in [6.07, 6.45) is 3.29. The summed E-state index contributed by atoms with van der Waals surface area (Å²) in [7, 11) is 0. The molecular weight excluding hydrogens is 324 g/mol. The first-order valence-corrected chi connectivity index (χ1v) is 9.30. The van der Waals surface area contributed by atoms with Crippen LogP contribution in [0.2, 0.25) is 0 Å². The molecule has 2 atom stereocenters. The number of nitrogens with zero attached hydrogens (tertiary/aromatic N) is 4. The Morgan fingerprint density at radius 1 is 1.08 bits per heavy atom. The highest BCUT2D eigenvalue weighted by atomic mass is 16.2. The number of carbonyl (C=O) groups is 1. The number of piperidine rings is 1. The Bertz CT molecular complexity index is 937. The molecule has 4 rings (SSSR count). The Balaban J connectivity index is 1.73. The van der Waals surface area contributed by atoms with Crippen molar-refractivity contribution < 1.29 is 4.79 Å². The van der Waals surface area contributed by atoms with Gasteiger partial charge in [0.05, 0.1) is 5.69 Å². The molecule has 5 heteroatoms. The number of rotatable bonds is 2. The van der Waals surface area contributed by atoms with Gasteiger partial charge in [0, 0.05) is 29.4 Å². The summed E-state index contributed by atoms with van der Waals surface area (Å²) in [6, 6.07) is 14.4. The van der Waals surface area contributed by atoms with Crippen LogP contribution in [0.15, 0.2) is 42.5 Å². The summed E-state index contributed by atoms with van der Waals surface area (Å²) in [6.45, 7) is 6.25. The molecule has 1 aromatic carbocycles. The van der Waals surface area contributed by atoms with Gasteiger partial charge in [0.2, 0.25) is 0 Å². The lowest BCUT2D eigenvalue weighted by Crippen LogP contribution is -2.47. The molecule has 0 spiro atoms. The normalized spacial score (nSPS) is 20.5. The van der Waals surface area contributed by atoms with Crippen molar-refractivity contribution in [3.05, 3.63) is 53.9 Å². The number of carbonyl (C=O) groups excluding carboxylic acids is 1. The second-order valence-electron chi connectivity index (χ2n) is 7.29. The summed E-state index contributed by atoms with van der Waals surface area (Å²) in [5, 5.41) is 4.55. The van der Waals surface area contributed by atoms with E-state index in [9.17, 15) is 4.79 Å². The van der Waals surface area contributed by atoms with Crippen molar-refractivity contribution in [2.75, 3.05) is 0 Å². The first-order chi connectivity index (χ1) is 12.5. The van der Waals surface area contributed by atoms with Crippen molar-refractivity contribution in [3.8, 4) is 11.3 Å². The summed E-state index contributed by atoms with van der Waals surface area (Å²) in [5.41, 5.74) is 4.11. The Hall–Kier alpha value is -2.69. The van der Waals surface area contributed by atoms with Gasteiger partial charge in [0.1, 0.15) is 0 Å². The third-order valence-electron chi connectivity index (χ3n) is 5.32. The van der Waals surface area contributed by atoms with E-state index in [0.717, 1.165) is 29.8 Å². The van der Waals surface area contributed by atoms with E-state index in [-0.39, 0.29) is 18.0 Å². The lowest BCUT2D eigenvalue weighted by Gasteiger charge is -2.38. The number of fused-ring (bicyclic) bond motifs is 1. The minimum absolute atomic E-state index is 0.0101. The molecule has 3 heterocycles. The molecule has 134 valence electrons. The van der Waals surface area contributed by atoms with E-state index in [0.29, 0.717) is 11.3 Å². The van der Waals surface area contributed by atoms with Crippen LogP contribution in [0.5, 0.6) is 0 Å². The average molecular weight is 348 g/mol. The number of likely N-dealkylation sites (tertiary alicyclic amines) is 1. The minimum Gasteiger partial charge on any atom is -0.332 e. The van der Waals surface area contributed by atoms with Crippen LogP contribution in [0.4, 0.5) is 0 Å². The number of amides is 1. The lowest BCUT2D eigenvalue weighted by molar-refractivity contribution is 0.0504. The van der Waals surface area contributed by atoms with Gasteiger partial charge in [-0.2, -0.15) is 5.10 Å². The van der Waals surface area contributed by atoms with Crippen LogP contribution in [0.25, 0.3) is 16.9 Å². The molecule has 0 radical (unpaired) electrons. The fourth-order valence-corrected chi connectivity index (χ4v) is 3.94. The van der Waals surface area contributed by atoms with Crippen LogP contribution < -0.4 is 0 Å². The monoisotopic (exact) mass is 348 g/mol. The lowest BCUT2D eigenvalue weighted by atomic mass is 9.97. The zero-order valence-electron chi connectivity index (χ0n) is 15.5. The molecule has 1 saturated heterocycles.